The molecular formula is C11H16N2O3S. The van der Waals surface area contributed by atoms with Crippen molar-refractivity contribution in [3.8, 4) is 0 Å². The molecular weight excluding hydrogens is 240 g/mol. The van der Waals surface area contributed by atoms with Crippen molar-refractivity contribution in [2.24, 2.45) is 0 Å². The Morgan fingerprint density at radius 2 is 2.00 bits per heavy atom. The Morgan fingerprint density at radius 1 is 1.35 bits per heavy atom. The van der Waals surface area contributed by atoms with Crippen molar-refractivity contribution < 1.29 is 14.4 Å². The van der Waals surface area contributed by atoms with Gasteiger partial charge in [0.2, 0.25) is 5.91 Å². The van der Waals surface area contributed by atoms with Crippen LogP contribution in [0.3, 0.4) is 0 Å². The van der Waals surface area contributed by atoms with Gasteiger partial charge in [0, 0.05) is 6.54 Å². The van der Waals surface area contributed by atoms with Gasteiger partial charge in [0.1, 0.15) is 6.54 Å². The van der Waals surface area contributed by atoms with E-state index >= 15 is 0 Å². The van der Waals surface area contributed by atoms with Crippen molar-refractivity contribution in [1.29, 1.82) is 0 Å². The molecule has 17 heavy (non-hydrogen) atoms. The Bertz CT molecular complexity index is 386. The molecule has 0 spiro atoms. The largest absolute Gasteiger partial charge is 0.355 e. The van der Waals surface area contributed by atoms with E-state index in [0.29, 0.717) is 11.4 Å². The van der Waals surface area contributed by atoms with Crippen LogP contribution in [-0.4, -0.2) is 35.0 Å². The predicted octanol–water partition coefficient (Wildman–Crippen LogP) is 1.50. The van der Waals surface area contributed by atoms with E-state index < -0.39 is 0 Å². The van der Waals surface area contributed by atoms with Crippen LogP contribution >= 0.6 is 11.8 Å². The number of rotatable bonds is 4. The molecule has 0 radical (unpaired) electrons. The SMILES string of the molecule is CCCNC(=O)CN1C(=O)SC(=C(C)C)C1=O. The minimum absolute atomic E-state index is 0.193. The second kappa shape index (κ2) is 5.86. The first-order chi connectivity index (χ1) is 7.97. The molecule has 94 valence electrons. The molecule has 3 amide bonds. The van der Waals surface area contributed by atoms with Gasteiger partial charge < -0.3 is 5.32 Å². The van der Waals surface area contributed by atoms with Crippen LogP contribution in [0.15, 0.2) is 10.5 Å². The third-order valence-electron chi connectivity index (χ3n) is 2.18. The lowest BCUT2D eigenvalue weighted by molar-refractivity contribution is -0.129. The molecule has 0 aromatic carbocycles. The van der Waals surface area contributed by atoms with E-state index in [4.69, 9.17) is 0 Å². The fourth-order valence-corrected chi connectivity index (χ4v) is 2.14. The zero-order chi connectivity index (χ0) is 13.0. The zero-order valence-electron chi connectivity index (χ0n) is 10.2. The summed E-state index contributed by atoms with van der Waals surface area (Å²) >= 11 is 0.893. The molecule has 0 aromatic rings. The number of hydrogen-bond donors (Lipinski definition) is 1. The van der Waals surface area contributed by atoms with Gasteiger partial charge in [-0.25, -0.2) is 0 Å². The molecule has 1 N–H and O–H groups in total. The van der Waals surface area contributed by atoms with Gasteiger partial charge in [-0.3, -0.25) is 19.3 Å². The Balaban J connectivity index is 2.67. The Labute approximate surface area is 105 Å². The molecule has 0 bridgehead atoms. The third-order valence-corrected chi connectivity index (χ3v) is 3.36. The average molecular weight is 256 g/mol. The highest BCUT2D eigenvalue weighted by Gasteiger charge is 2.36. The van der Waals surface area contributed by atoms with E-state index in [9.17, 15) is 14.4 Å². The van der Waals surface area contributed by atoms with Gasteiger partial charge in [0.05, 0.1) is 4.91 Å². The van der Waals surface area contributed by atoms with Crippen molar-refractivity contribution in [2.45, 2.75) is 27.2 Å². The van der Waals surface area contributed by atoms with Gasteiger partial charge in [-0.05, 0) is 32.0 Å². The molecule has 1 rings (SSSR count). The summed E-state index contributed by atoms with van der Waals surface area (Å²) in [7, 11) is 0. The lowest BCUT2D eigenvalue weighted by Gasteiger charge is -2.11. The van der Waals surface area contributed by atoms with E-state index in [2.05, 4.69) is 5.32 Å². The molecule has 0 aromatic heterocycles. The number of carbonyl (C=O) groups excluding carboxylic acids is 3. The summed E-state index contributed by atoms with van der Waals surface area (Å²) in [6.07, 6.45) is 0.821. The third kappa shape index (κ3) is 3.33. The van der Waals surface area contributed by atoms with Gasteiger partial charge >= 0.3 is 0 Å². The number of allylic oxidation sites excluding steroid dienone is 1. The van der Waals surface area contributed by atoms with Crippen molar-refractivity contribution >= 4 is 28.8 Å². The summed E-state index contributed by atoms with van der Waals surface area (Å²) in [6, 6.07) is 0. The quantitative estimate of drug-likeness (QED) is 0.774. The molecule has 6 heteroatoms. The highest BCUT2D eigenvalue weighted by Crippen LogP contribution is 2.32. The Kier molecular flexibility index (Phi) is 4.74. The fourth-order valence-electron chi connectivity index (χ4n) is 1.31. The van der Waals surface area contributed by atoms with E-state index in [1.54, 1.807) is 13.8 Å². The highest BCUT2D eigenvalue weighted by molar-refractivity contribution is 8.18. The lowest BCUT2D eigenvalue weighted by Crippen LogP contribution is -2.39. The number of nitrogens with zero attached hydrogens (tertiary/aromatic N) is 1. The van der Waals surface area contributed by atoms with Gasteiger partial charge in [-0.2, -0.15) is 0 Å². The summed E-state index contributed by atoms with van der Waals surface area (Å²) in [6.45, 7) is 5.84. The molecule has 0 aliphatic carbocycles. The first kappa shape index (κ1) is 13.8. The first-order valence-corrected chi connectivity index (χ1v) is 6.26. The molecule has 1 saturated heterocycles. The number of thioether (sulfide) groups is 1. The van der Waals surface area contributed by atoms with Gasteiger partial charge in [0.25, 0.3) is 11.1 Å². The number of nitrogens with one attached hydrogen (secondary N) is 1. The Morgan fingerprint density at radius 3 is 2.47 bits per heavy atom. The maximum atomic E-state index is 11.8. The average Bonchev–Trinajstić information content (AvgIpc) is 2.54. The smallest absolute Gasteiger partial charge is 0.294 e. The second-order valence-electron chi connectivity index (χ2n) is 3.94. The van der Waals surface area contributed by atoms with Crippen molar-refractivity contribution in [2.75, 3.05) is 13.1 Å². The topological polar surface area (TPSA) is 66.5 Å². The van der Waals surface area contributed by atoms with Crippen molar-refractivity contribution in [3.05, 3.63) is 10.5 Å². The van der Waals surface area contributed by atoms with E-state index in [1.807, 2.05) is 6.92 Å². The van der Waals surface area contributed by atoms with Gasteiger partial charge in [0.15, 0.2) is 0 Å². The van der Waals surface area contributed by atoms with E-state index in [1.165, 1.54) is 0 Å². The summed E-state index contributed by atoms with van der Waals surface area (Å²) < 4.78 is 0. The maximum absolute atomic E-state index is 11.8. The maximum Gasteiger partial charge on any atom is 0.294 e. The van der Waals surface area contributed by atoms with Crippen LogP contribution in [-0.2, 0) is 9.59 Å². The number of hydrogen-bond acceptors (Lipinski definition) is 4. The lowest BCUT2D eigenvalue weighted by atomic mass is 10.3. The second-order valence-corrected chi connectivity index (χ2v) is 4.90. The summed E-state index contributed by atoms with van der Waals surface area (Å²) in [4.78, 5) is 36.2. The van der Waals surface area contributed by atoms with Gasteiger partial charge in [-0.1, -0.05) is 12.5 Å². The van der Waals surface area contributed by atoms with Gasteiger partial charge in [-0.15, -0.1) is 0 Å². The Hall–Kier alpha value is -1.30. The molecule has 5 nitrogen and oxygen atoms in total. The van der Waals surface area contributed by atoms with Crippen LogP contribution in [0.1, 0.15) is 27.2 Å². The molecule has 0 atom stereocenters. The predicted molar refractivity (Wildman–Crippen MR) is 66.4 cm³/mol. The molecule has 0 unspecified atom stereocenters. The van der Waals surface area contributed by atoms with Crippen LogP contribution in [0.5, 0.6) is 0 Å². The molecule has 1 fully saturated rings. The summed E-state index contributed by atoms with van der Waals surface area (Å²) in [5, 5.41) is 2.26. The van der Waals surface area contributed by atoms with E-state index in [0.717, 1.165) is 28.7 Å². The van der Waals surface area contributed by atoms with Crippen LogP contribution < -0.4 is 5.32 Å². The number of carbonyl (C=O) groups is 3. The minimum Gasteiger partial charge on any atom is -0.355 e. The van der Waals surface area contributed by atoms with Crippen LogP contribution in [0.25, 0.3) is 0 Å². The number of amides is 3. The normalized spacial score (nSPS) is 15.5. The van der Waals surface area contributed by atoms with Crippen molar-refractivity contribution in [1.82, 2.24) is 10.2 Å². The molecule has 1 aliphatic heterocycles. The molecule has 0 saturated carbocycles. The fraction of sp³-hybridized carbons (Fsp3) is 0.545. The van der Waals surface area contributed by atoms with E-state index in [-0.39, 0.29) is 23.6 Å². The summed E-state index contributed by atoms with van der Waals surface area (Å²) in [5.41, 5.74) is 0.796. The zero-order valence-corrected chi connectivity index (χ0v) is 11.0. The number of imide groups is 1. The first-order valence-electron chi connectivity index (χ1n) is 5.45. The van der Waals surface area contributed by atoms with Crippen LogP contribution in [0, 0.1) is 0 Å². The minimum atomic E-state index is -0.377. The van der Waals surface area contributed by atoms with Crippen LogP contribution in [0.2, 0.25) is 0 Å². The molecule has 1 aliphatic rings. The highest BCUT2D eigenvalue weighted by atomic mass is 32.2. The van der Waals surface area contributed by atoms with Crippen LogP contribution in [0.4, 0.5) is 4.79 Å². The summed E-state index contributed by atoms with van der Waals surface area (Å²) in [5.74, 6) is -0.671. The molecule has 1 heterocycles. The monoisotopic (exact) mass is 256 g/mol. The standard InChI is InChI=1S/C11H16N2O3S/c1-4-5-12-8(14)6-13-10(15)9(7(2)3)17-11(13)16/h4-6H2,1-3H3,(H,12,14). The van der Waals surface area contributed by atoms with Crippen molar-refractivity contribution in [3.63, 3.8) is 0 Å².